The van der Waals surface area contributed by atoms with Crippen LogP contribution < -0.4 is 4.90 Å². The standard InChI is InChI=1S/C17H27N3O/c1-3-6-13-9-18-16(19-10-13)20-11-14-7-5-8-17(21,4-2)15(14)12-20/h9-10,14-15,21H,3-8,11-12H2,1-2H3/t14-,15+,17-/m0/s1. The highest BCUT2D eigenvalue weighted by Crippen LogP contribution is 2.44. The molecule has 1 aliphatic heterocycles. The average Bonchev–Trinajstić information content (AvgIpc) is 2.94. The van der Waals surface area contributed by atoms with Gasteiger partial charge in [0.25, 0.3) is 0 Å². The van der Waals surface area contributed by atoms with Crippen LogP contribution in [0.15, 0.2) is 12.4 Å². The molecule has 4 nitrogen and oxygen atoms in total. The summed E-state index contributed by atoms with van der Waals surface area (Å²) in [4.78, 5) is 11.4. The second-order valence-corrected chi connectivity index (χ2v) is 6.76. The number of fused-ring (bicyclic) bond motifs is 1. The van der Waals surface area contributed by atoms with Gasteiger partial charge in [0.15, 0.2) is 0 Å². The van der Waals surface area contributed by atoms with Gasteiger partial charge < -0.3 is 10.0 Å². The molecule has 3 rings (SSSR count). The lowest BCUT2D eigenvalue weighted by Crippen LogP contribution is -2.44. The zero-order chi connectivity index (χ0) is 14.9. The zero-order valence-electron chi connectivity index (χ0n) is 13.3. The van der Waals surface area contributed by atoms with E-state index in [1.807, 2.05) is 12.4 Å². The molecule has 3 atom stereocenters. The fourth-order valence-corrected chi connectivity index (χ4v) is 4.16. The maximum Gasteiger partial charge on any atom is 0.225 e. The molecule has 4 heteroatoms. The number of aryl methyl sites for hydroxylation is 1. The first-order valence-electron chi connectivity index (χ1n) is 8.44. The van der Waals surface area contributed by atoms with Crippen molar-refractivity contribution in [3.63, 3.8) is 0 Å². The molecular weight excluding hydrogens is 262 g/mol. The summed E-state index contributed by atoms with van der Waals surface area (Å²) in [5.74, 6) is 1.82. The topological polar surface area (TPSA) is 49.2 Å². The molecule has 1 aromatic rings. The largest absolute Gasteiger partial charge is 0.390 e. The zero-order valence-corrected chi connectivity index (χ0v) is 13.3. The molecule has 0 radical (unpaired) electrons. The van der Waals surface area contributed by atoms with Crippen LogP contribution in [0.1, 0.15) is 51.5 Å². The van der Waals surface area contributed by atoms with Gasteiger partial charge in [0.05, 0.1) is 5.60 Å². The van der Waals surface area contributed by atoms with Crippen molar-refractivity contribution in [2.45, 2.75) is 58.0 Å². The SMILES string of the molecule is CCCc1cnc(N2C[C@@H]3CCC[C@@](O)(CC)[C@@H]3C2)nc1. The van der Waals surface area contributed by atoms with Crippen molar-refractivity contribution in [1.82, 2.24) is 9.97 Å². The Balaban J connectivity index is 1.73. The molecule has 0 unspecified atom stereocenters. The lowest BCUT2D eigenvalue weighted by Gasteiger charge is -2.40. The Morgan fingerprint density at radius 3 is 2.71 bits per heavy atom. The molecular formula is C17H27N3O. The van der Waals surface area contributed by atoms with Gasteiger partial charge in [-0.25, -0.2) is 9.97 Å². The van der Waals surface area contributed by atoms with E-state index in [9.17, 15) is 5.11 Å². The number of rotatable bonds is 4. The van der Waals surface area contributed by atoms with Crippen molar-refractivity contribution in [3.05, 3.63) is 18.0 Å². The van der Waals surface area contributed by atoms with Gasteiger partial charge in [-0.1, -0.05) is 26.7 Å². The number of aromatic nitrogens is 2. The third-order valence-corrected chi connectivity index (χ3v) is 5.44. The highest BCUT2D eigenvalue weighted by Gasteiger charge is 2.48. The van der Waals surface area contributed by atoms with Gasteiger partial charge in [-0.05, 0) is 37.2 Å². The Morgan fingerprint density at radius 2 is 2.05 bits per heavy atom. The highest BCUT2D eigenvalue weighted by atomic mass is 16.3. The molecule has 2 aliphatic rings. The third-order valence-electron chi connectivity index (χ3n) is 5.44. The number of hydrogen-bond acceptors (Lipinski definition) is 4. The smallest absolute Gasteiger partial charge is 0.225 e. The third kappa shape index (κ3) is 2.78. The fraction of sp³-hybridized carbons (Fsp3) is 0.765. The van der Waals surface area contributed by atoms with Gasteiger partial charge >= 0.3 is 0 Å². The number of anilines is 1. The minimum atomic E-state index is -0.472. The second kappa shape index (κ2) is 5.91. The molecule has 0 aromatic carbocycles. The normalized spacial score (nSPS) is 32.2. The first-order chi connectivity index (χ1) is 10.2. The van der Waals surface area contributed by atoms with E-state index in [1.165, 1.54) is 12.0 Å². The first kappa shape index (κ1) is 14.8. The average molecular weight is 289 g/mol. The van der Waals surface area contributed by atoms with Gasteiger partial charge in [-0.3, -0.25) is 0 Å². The van der Waals surface area contributed by atoms with Crippen LogP contribution in [0.3, 0.4) is 0 Å². The molecule has 1 saturated heterocycles. The van der Waals surface area contributed by atoms with Crippen LogP contribution in [0, 0.1) is 11.8 Å². The van der Waals surface area contributed by atoms with E-state index in [-0.39, 0.29) is 0 Å². The van der Waals surface area contributed by atoms with Crippen LogP contribution in [0.2, 0.25) is 0 Å². The van der Waals surface area contributed by atoms with E-state index in [2.05, 4.69) is 28.7 Å². The van der Waals surface area contributed by atoms with Crippen molar-refractivity contribution < 1.29 is 5.11 Å². The lowest BCUT2D eigenvalue weighted by molar-refractivity contribution is -0.0597. The number of hydrogen-bond donors (Lipinski definition) is 1. The summed E-state index contributed by atoms with van der Waals surface area (Å²) in [6.45, 7) is 6.19. The monoisotopic (exact) mass is 289 g/mol. The maximum absolute atomic E-state index is 10.9. The molecule has 0 amide bonds. The maximum atomic E-state index is 10.9. The number of aliphatic hydroxyl groups is 1. The Labute approximate surface area is 127 Å². The summed E-state index contributed by atoms with van der Waals surface area (Å²) in [6, 6.07) is 0. The number of nitrogens with zero attached hydrogens (tertiary/aromatic N) is 3. The Kier molecular flexibility index (Phi) is 4.16. The van der Waals surface area contributed by atoms with E-state index in [0.29, 0.717) is 11.8 Å². The van der Waals surface area contributed by atoms with Crippen molar-refractivity contribution in [3.8, 4) is 0 Å². The molecule has 2 heterocycles. The van der Waals surface area contributed by atoms with Crippen LogP contribution >= 0.6 is 0 Å². The van der Waals surface area contributed by atoms with Crippen LogP contribution in [-0.2, 0) is 6.42 Å². The molecule has 1 saturated carbocycles. The van der Waals surface area contributed by atoms with Crippen LogP contribution in [0.4, 0.5) is 5.95 Å². The lowest BCUT2D eigenvalue weighted by atomic mass is 9.69. The van der Waals surface area contributed by atoms with Crippen LogP contribution in [0.25, 0.3) is 0 Å². The summed E-state index contributed by atoms with van der Waals surface area (Å²) in [6.07, 6.45) is 10.3. The summed E-state index contributed by atoms with van der Waals surface area (Å²) < 4.78 is 0. The Bertz CT molecular complexity index is 475. The molecule has 0 bridgehead atoms. The molecule has 0 spiro atoms. The highest BCUT2D eigenvalue weighted by molar-refractivity contribution is 5.33. The van der Waals surface area contributed by atoms with Gasteiger partial charge in [0, 0.05) is 31.4 Å². The van der Waals surface area contributed by atoms with Gasteiger partial charge in [0.2, 0.25) is 5.95 Å². The van der Waals surface area contributed by atoms with Crippen LogP contribution in [-0.4, -0.2) is 33.8 Å². The minimum absolute atomic E-state index is 0.384. The Hall–Kier alpha value is -1.16. The van der Waals surface area contributed by atoms with Crippen molar-refractivity contribution in [2.24, 2.45) is 11.8 Å². The van der Waals surface area contributed by atoms with E-state index in [1.54, 1.807) is 0 Å². The van der Waals surface area contributed by atoms with Gasteiger partial charge in [-0.15, -0.1) is 0 Å². The minimum Gasteiger partial charge on any atom is -0.390 e. The fourth-order valence-electron chi connectivity index (χ4n) is 4.16. The quantitative estimate of drug-likeness (QED) is 0.926. The Morgan fingerprint density at radius 1 is 1.29 bits per heavy atom. The molecule has 2 fully saturated rings. The second-order valence-electron chi connectivity index (χ2n) is 6.76. The van der Waals surface area contributed by atoms with Gasteiger partial charge in [-0.2, -0.15) is 0 Å². The van der Waals surface area contributed by atoms with Crippen molar-refractivity contribution in [1.29, 1.82) is 0 Å². The van der Waals surface area contributed by atoms with Crippen molar-refractivity contribution >= 4 is 5.95 Å². The van der Waals surface area contributed by atoms with Crippen molar-refractivity contribution in [2.75, 3.05) is 18.0 Å². The molecule has 116 valence electrons. The molecule has 1 aliphatic carbocycles. The summed E-state index contributed by atoms with van der Waals surface area (Å²) in [7, 11) is 0. The summed E-state index contributed by atoms with van der Waals surface area (Å²) >= 11 is 0. The van der Waals surface area contributed by atoms with E-state index in [0.717, 1.165) is 51.1 Å². The molecule has 1 N–H and O–H groups in total. The van der Waals surface area contributed by atoms with E-state index in [4.69, 9.17) is 0 Å². The first-order valence-corrected chi connectivity index (χ1v) is 8.44. The predicted molar refractivity (Wildman–Crippen MR) is 84.3 cm³/mol. The predicted octanol–water partition coefficient (Wildman–Crippen LogP) is 2.81. The molecule has 21 heavy (non-hydrogen) atoms. The van der Waals surface area contributed by atoms with Crippen LogP contribution in [0.5, 0.6) is 0 Å². The van der Waals surface area contributed by atoms with E-state index >= 15 is 0 Å². The van der Waals surface area contributed by atoms with Gasteiger partial charge in [0.1, 0.15) is 0 Å². The summed E-state index contributed by atoms with van der Waals surface area (Å²) in [5.41, 5.74) is 0.739. The summed E-state index contributed by atoms with van der Waals surface area (Å²) in [5, 5.41) is 10.9. The van der Waals surface area contributed by atoms with E-state index < -0.39 is 5.60 Å². The molecule has 1 aromatic heterocycles.